The van der Waals surface area contributed by atoms with Crippen molar-refractivity contribution >= 4 is 17.4 Å². The third kappa shape index (κ3) is 3.21. The molecule has 1 atom stereocenters. The predicted octanol–water partition coefficient (Wildman–Crippen LogP) is 3.62. The highest BCUT2D eigenvalue weighted by Gasteiger charge is 2.37. The van der Waals surface area contributed by atoms with Crippen molar-refractivity contribution in [3.05, 3.63) is 34.6 Å². The Morgan fingerprint density at radius 3 is 2.90 bits per heavy atom. The van der Waals surface area contributed by atoms with Crippen molar-refractivity contribution < 1.29 is 9.18 Å². The highest BCUT2D eigenvalue weighted by Crippen LogP contribution is 2.34. The topological polar surface area (TPSA) is 29.1 Å². The van der Waals surface area contributed by atoms with E-state index in [-0.39, 0.29) is 17.2 Å². The lowest BCUT2D eigenvalue weighted by Gasteiger charge is -2.36. The molecule has 1 aliphatic heterocycles. The van der Waals surface area contributed by atoms with Crippen LogP contribution in [0.5, 0.6) is 0 Å². The van der Waals surface area contributed by atoms with Crippen LogP contribution in [-0.2, 0) is 11.2 Å². The van der Waals surface area contributed by atoms with Gasteiger partial charge in [-0.1, -0.05) is 37.6 Å². The molecule has 110 valence electrons. The van der Waals surface area contributed by atoms with Gasteiger partial charge in [-0.2, -0.15) is 0 Å². The number of Topliss-reactive ketones (excluding diaryl/α,β-unsaturated/α-hetero) is 1. The van der Waals surface area contributed by atoms with Crippen LogP contribution in [0.15, 0.2) is 18.2 Å². The number of hydrogen-bond donors (Lipinski definition) is 1. The van der Waals surface area contributed by atoms with Crippen molar-refractivity contribution in [2.75, 3.05) is 13.1 Å². The fraction of sp³-hybridized carbons (Fsp3) is 0.562. The van der Waals surface area contributed by atoms with E-state index >= 15 is 0 Å². The van der Waals surface area contributed by atoms with Gasteiger partial charge in [-0.05, 0) is 43.5 Å². The van der Waals surface area contributed by atoms with Gasteiger partial charge in [-0.3, -0.25) is 4.79 Å². The molecule has 0 radical (unpaired) electrons. The predicted molar refractivity (Wildman–Crippen MR) is 79.5 cm³/mol. The van der Waals surface area contributed by atoms with Crippen LogP contribution >= 0.6 is 11.6 Å². The zero-order valence-corrected chi connectivity index (χ0v) is 12.8. The maximum Gasteiger partial charge on any atom is 0.145 e. The van der Waals surface area contributed by atoms with Gasteiger partial charge in [0.15, 0.2) is 0 Å². The average molecular weight is 298 g/mol. The molecule has 4 heteroatoms. The molecule has 1 aromatic carbocycles. The number of nitrogens with one attached hydrogen (secondary N) is 1. The molecule has 0 bridgehead atoms. The van der Waals surface area contributed by atoms with E-state index in [4.69, 9.17) is 11.6 Å². The summed E-state index contributed by atoms with van der Waals surface area (Å²) in [5.41, 5.74) is -0.0540. The molecule has 1 heterocycles. The summed E-state index contributed by atoms with van der Waals surface area (Å²) in [5.74, 6) is -0.0848. The highest BCUT2D eigenvalue weighted by atomic mass is 35.5. The van der Waals surface area contributed by atoms with Crippen molar-refractivity contribution in [3.8, 4) is 0 Å². The monoisotopic (exact) mass is 297 g/mol. The number of carbonyl (C=O) groups excluding carboxylic acids is 1. The molecule has 2 nitrogen and oxygen atoms in total. The van der Waals surface area contributed by atoms with Crippen LogP contribution in [0.1, 0.15) is 32.3 Å². The zero-order valence-electron chi connectivity index (χ0n) is 12.0. The number of piperidine rings is 1. The van der Waals surface area contributed by atoms with Gasteiger partial charge >= 0.3 is 0 Å². The summed E-state index contributed by atoms with van der Waals surface area (Å²) >= 11 is 5.76. The van der Waals surface area contributed by atoms with E-state index in [1.807, 2.05) is 13.8 Å². The van der Waals surface area contributed by atoms with E-state index in [0.29, 0.717) is 11.5 Å². The van der Waals surface area contributed by atoms with E-state index in [9.17, 15) is 9.18 Å². The first kappa shape index (κ1) is 15.5. The van der Waals surface area contributed by atoms with E-state index in [2.05, 4.69) is 5.32 Å². The molecule has 1 N–H and O–H groups in total. The molecule has 0 amide bonds. The maximum atomic E-state index is 13.9. The van der Waals surface area contributed by atoms with Crippen LogP contribution in [0.4, 0.5) is 4.39 Å². The Bertz CT molecular complexity index is 495. The van der Waals surface area contributed by atoms with Crippen molar-refractivity contribution in [1.82, 2.24) is 5.32 Å². The number of rotatable bonds is 4. The Hall–Kier alpha value is -0.930. The third-order valence-corrected chi connectivity index (χ3v) is 4.71. The normalized spacial score (nSPS) is 19.9. The number of ketones is 1. The van der Waals surface area contributed by atoms with Crippen LogP contribution in [0, 0.1) is 17.2 Å². The summed E-state index contributed by atoms with van der Waals surface area (Å²) in [6.07, 6.45) is 2.24. The van der Waals surface area contributed by atoms with Gasteiger partial charge in [0.2, 0.25) is 0 Å². The molecule has 2 rings (SSSR count). The van der Waals surface area contributed by atoms with Crippen LogP contribution < -0.4 is 5.32 Å². The Labute approximate surface area is 124 Å². The average Bonchev–Trinajstić information content (AvgIpc) is 2.44. The van der Waals surface area contributed by atoms with E-state index in [1.54, 1.807) is 12.1 Å². The molecule has 1 aliphatic rings. The molecule has 0 saturated carbocycles. The van der Waals surface area contributed by atoms with Gasteiger partial charge in [-0.15, -0.1) is 0 Å². The van der Waals surface area contributed by atoms with Crippen LogP contribution in [-0.4, -0.2) is 18.9 Å². The second kappa shape index (κ2) is 6.23. The van der Waals surface area contributed by atoms with Crippen LogP contribution in [0.2, 0.25) is 5.02 Å². The standard InChI is InChI=1S/C16H21ClFNO/c1-16(2,12-6-4-8-19-10-12)14(20)9-11-5-3-7-13(17)15(11)18/h3,5,7,12,19H,4,6,8-10H2,1-2H3. The molecular formula is C16H21ClFNO. The molecule has 1 unspecified atom stereocenters. The van der Waals surface area contributed by atoms with E-state index in [1.165, 1.54) is 6.07 Å². The second-order valence-corrected chi connectivity index (χ2v) is 6.49. The molecule has 0 aliphatic carbocycles. The molecule has 1 aromatic rings. The molecule has 0 spiro atoms. The molecule has 1 fully saturated rings. The summed E-state index contributed by atoms with van der Waals surface area (Å²) in [7, 11) is 0. The van der Waals surface area contributed by atoms with Crippen molar-refractivity contribution in [3.63, 3.8) is 0 Å². The van der Waals surface area contributed by atoms with Gasteiger partial charge in [-0.25, -0.2) is 4.39 Å². The number of hydrogen-bond acceptors (Lipinski definition) is 2. The lowest BCUT2D eigenvalue weighted by molar-refractivity contribution is -0.129. The summed E-state index contributed by atoms with van der Waals surface area (Å²) < 4.78 is 13.9. The minimum Gasteiger partial charge on any atom is -0.316 e. The Morgan fingerprint density at radius 2 is 2.25 bits per heavy atom. The quantitative estimate of drug-likeness (QED) is 0.920. The molecule has 1 saturated heterocycles. The maximum absolute atomic E-state index is 13.9. The summed E-state index contributed by atoms with van der Waals surface area (Å²) in [6, 6.07) is 4.82. The van der Waals surface area contributed by atoms with Gasteiger partial charge in [0.25, 0.3) is 0 Å². The summed E-state index contributed by atoms with van der Waals surface area (Å²) in [4.78, 5) is 12.6. The fourth-order valence-corrected chi connectivity index (χ4v) is 2.98. The summed E-state index contributed by atoms with van der Waals surface area (Å²) in [5, 5.41) is 3.41. The van der Waals surface area contributed by atoms with E-state index in [0.717, 1.165) is 25.9 Å². The van der Waals surface area contributed by atoms with Crippen molar-refractivity contribution in [2.24, 2.45) is 11.3 Å². The first-order valence-electron chi connectivity index (χ1n) is 7.10. The minimum absolute atomic E-state index is 0.0763. The van der Waals surface area contributed by atoms with Gasteiger partial charge < -0.3 is 5.32 Å². The largest absolute Gasteiger partial charge is 0.316 e. The van der Waals surface area contributed by atoms with Gasteiger partial charge in [0.1, 0.15) is 11.6 Å². The molecular weight excluding hydrogens is 277 g/mol. The number of benzene rings is 1. The SMILES string of the molecule is CC(C)(C(=O)Cc1cccc(Cl)c1F)C1CCCNC1. The van der Waals surface area contributed by atoms with Crippen molar-refractivity contribution in [1.29, 1.82) is 0 Å². The van der Waals surface area contributed by atoms with Crippen LogP contribution in [0.3, 0.4) is 0 Å². The first-order valence-corrected chi connectivity index (χ1v) is 7.47. The second-order valence-electron chi connectivity index (χ2n) is 6.08. The van der Waals surface area contributed by atoms with E-state index < -0.39 is 11.2 Å². The number of halogens is 2. The third-order valence-electron chi connectivity index (χ3n) is 4.42. The Morgan fingerprint density at radius 1 is 1.50 bits per heavy atom. The minimum atomic E-state index is -0.472. The zero-order chi connectivity index (χ0) is 14.8. The summed E-state index contributed by atoms with van der Waals surface area (Å²) in [6.45, 7) is 5.81. The first-order chi connectivity index (χ1) is 9.43. The van der Waals surface area contributed by atoms with Gasteiger partial charge in [0, 0.05) is 11.8 Å². The lowest BCUT2D eigenvalue weighted by Crippen LogP contribution is -2.43. The number of carbonyl (C=O) groups is 1. The van der Waals surface area contributed by atoms with Crippen LogP contribution in [0.25, 0.3) is 0 Å². The smallest absolute Gasteiger partial charge is 0.145 e. The Balaban J connectivity index is 2.12. The lowest BCUT2D eigenvalue weighted by atomic mass is 9.71. The Kier molecular flexibility index (Phi) is 4.82. The fourth-order valence-electron chi connectivity index (χ4n) is 2.78. The molecule has 0 aromatic heterocycles. The van der Waals surface area contributed by atoms with Crippen molar-refractivity contribution in [2.45, 2.75) is 33.1 Å². The highest BCUT2D eigenvalue weighted by molar-refractivity contribution is 6.30. The van der Waals surface area contributed by atoms with Gasteiger partial charge in [0.05, 0.1) is 5.02 Å². The molecule has 20 heavy (non-hydrogen) atoms.